The number of para-hydroxylation sites is 1. The van der Waals surface area contributed by atoms with Crippen LogP contribution in [0.3, 0.4) is 0 Å². The minimum Gasteiger partial charge on any atom is -0.493 e. The summed E-state index contributed by atoms with van der Waals surface area (Å²) in [5.41, 5.74) is 2.63. The van der Waals surface area contributed by atoms with Crippen LogP contribution in [0.15, 0.2) is 54.7 Å². The Morgan fingerprint density at radius 3 is 2.42 bits per heavy atom. The molecule has 0 radical (unpaired) electrons. The summed E-state index contributed by atoms with van der Waals surface area (Å²) in [6.07, 6.45) is 3.73. The van der Waals surface area contributed by atoms with Gasteiger partial charge in [0.15, 0.2) is 11.5 Å². The molecule has 0 bridgehead atoms. The number of ether oxygens (including phenoxy) is 3. The Balaban J connectivity index is 1.47. The third-order valence-electron chi connectivity index (χ3n) is 6.44. The zero-order chi connectivity index (χ0) is 25.1. The van der Waals surface area contributed by atoms with Crippen molar-refractivity contribution in [3.05, 3.63) is 54.7 Å². The predicted octanol–water partition coefficient (Wildman–Crippen LogP) is 4.42. The van der Waals surface area contributed by atoms with Gasteiger partial charge in [0.25, 0.3) is 0 Å². The lowest BCUT2D eigenvalue weighted by Crippen LogP contribution is -2.33. The van der Waals surface area contributed by atoms with Crippen LogP contribution in [-0.4, -0.2) is 60.6 Å². The maximum Gasteiger partial charge on any atom is 0.228 e. The molecule has 0 saturated carbocycles. The largest absolute Gasteiger partial charge is 0.493 e. The van der Waals surface area contributed by atoms with Gasteiger partial charge in [-0.15, -0.1) is 0 Å². The number of benzene rings is 2. The van der Waals surface area contributed by atoms with Crippen LogP contribution in [0.4, 0.5) is 17.6 Å². The normalized spacial score (nSPS) is 15.2. The summed E-state index contributed by atoms with van der Waals surface area (Å²) >= 11 is 0. The second kappa shape index (κ2) is 10.2. The minimum atomic E-state index is 0.0369. The summed E-state index contributed by atoms with van der Waals surface area (Å²) in [4.78, 5) is 16.3. The van der Waals surface area contributed by atoms with Crippen molar-refractivity contribution in [2.75, 3.05) is 44.7 Å². The first kappa shape index (κ1) is 23.6. The Kier molecular flexibility index (Phi) is 6.73. The highest BCUT2D eigenvalue weighted by molar-refractivity contribution is 5.91. The summed E-state index contributed by atoms with van der Waals surface area (Å²) in [5.74, 6) is 3.65. The van der Waals surface area contributed by atoms with Gasteiger partial charge in [-0.25, -0.2) is 9.97 Å². The molecule has 9 nitrogen and oxygen atoms in total. The van der Waals surface area contributed by atoms with Crippen LogP contribution in [0.25, 0.3) is 22.0 Å². The van der Waals surface area contributed by atoms with Crippen LogP contribution in [0.1, 0.15) is 12.8 Å². The molecule has 0 spiro atoms. The summed E-state index contributed by atoms with van der Waals surface area (Å²) < 4.78 is 16.4. The van der Waals surface area contributed by atoms with Crippen molar-refractivity contribution in [3.63, 3.8) is 0 Å². The lowest BCUT2D eigenvalue weighted by Gasteiger charge is -2.24. The highest BCUT2D eigenvalue weighted by atomic mass is 16.5. The topological polar surface area (TPSA) is 102 Å². The second-order valence-corrected chi connectivity index (χ2v) is 8.53. The van der Waals surface area contributed by atoms with Gasteiger partial charge in [0.2, 0.25) is 11.7 Å². The van der Waals surface area contributed by atoms with E-state index in [0.29, 0.717) is 34.8 Å². The van der Waals surface area contributed by atoms with Crippen molar-refractivity contribution in [2.45, 2.75) is 18.9 Å². The van der Waals surface area contributed by atoms with Gasteiger partial charge in [-0.1, -0.05) is 12.1 Å². The van der Waals surface area contributed by atoms with Crippen LogP contribution >= 0.6 is 0 Å². The average Bonchev–Trinajstić information content (AvgIpc) is 3.41. The fraction of sp³-hybridized carbons (Fsp3) is 0.296. The van der Waals surface area contributed by atoms with Crippen LogP contribution < -0.4 is 24.4 Å². The molecule has 0 aliphatic carbocycles. The van der Waals surface area contributed by atoms with Crippen molar-refractivity contribution in [1.29, 1.82) is 0 Å². The number of nitrogens with zero attached hydrogens (tertiary/aromatic N) is 4. The second-order valence-electron chi connectivity index (χ2n) is 8.53. The predicted molar refractivity (Wildman–Crippen MR) is 140 cm³/mol. The Morgan fingerprint density at radius 2 is 1.75 bits per heavy atom. The Hall–Kier alpha value is -4.11. The Morgan fingerprint density at radius 1 is 0.972 bits per heavy atom. The minimum absolute atomic E-state index is 0.0369. The number of fused-ring (bicyclic) bond motifs is 1. The van der Waals surface area contributed by atoms with E-state index >= 15 is 0 Å². The lowest BCUT2D eigenvalue weighted by atomic mass is 10.1. The van der Waals surface area contributed by atoms with E-state index in [-0.39, 0.29) is 12.6 Å². The van der Waals surface area contributed by atoms with Gasteiger partial charge in [-0.05, 0) is 54.8 Å². The molecule has 1 aliphatic heterocycles. The molecule has 9 heteroatoms. The third-order valence-corrected chi connectivity index (χ3v) is 6.44. The number of nitrogens with one attached hydrogen (secondary N) is 1. The average molecular weight is 488 g/mol. The quantitative estimate of drug-likeness (QED) is 0.374. The van der Waals surface area contributed by atoms with E-state index < -0.39 is 0 Å². The van der Waals surface area contributed by atoms with E-state index in [0.717, 1.165) is 41.4 Å². The molecule has 2 N–H and O–H groups in total. The van der Waals surface area contributed by atoms with Gasteiger partial charge in [-0.3, -0.25) is 0 Å². The molecular weight excluding hydrogens is 458 g/mol. The van der Waals surface area contributed by atoms with Gasteiger partial charge in [0.05, 0.1) is 39.5 Å². The lowest BCUT2D eigenvalue weighted by molar-refractivity contribution is 0.265. The maximum absolute atomic E-state index is 9.79. The van der Waals surface area contributed by atoms with Crippen molar-refractivity contribution < 1.29 is 19.3 Å². The van der Waals surface area contributed by atoms with E-state index in [2.05, 4.69) is 15.2 Å². The first-order valence-corrected chi connectivity index (χ1v) is 11.8. The van der Waals surface area contributed by atoms with Gasteiger partial charge in [-0.2, -0.15) is 4.98 Å². The molecule has 5 rings (SSSR count). The monoisotopic (exact) mass is 487 g/mol. The fourth-order valence-electron chi connectivity index (χ4n) is 4.58. The molecule has 3 heterocycles. The SMILES string of the molecule is COc1cc(-c2ccc(Nc3nc(N4CCC[C@H]4CO)nc4ccccc34)nc2)cc(OC)c1OC. The van der Waals surface area contributed by atoms with Gasteiger partial charge < -0.3 is 29.5 Å². The van der Waals surface area contributed by atoms with Crippen LogP contribution in [0.5, 0.6) is 17.2 Å². The highest BCUT2D eigenvalue weighted by Gasteiger charge is 2.27. The van der Waals surface area contributed by atoms with E-state index in [1.165, 1.54) is 0 Å². The number of pyridine rings is 1. The molecule has 2 aromatic carbocycles. The number of methoxy groups -OCH3 is 3. The number of hydrogen-bond donors (Lipinski definition) is 2. The zero-order valence-corrected chi connectivity index (χ0v) is 20.6. The van der Waals surface area contributed by atoms with Crippen LogP contribution in [0.2, 0.25) is 0 Å². The molecule has 1 fully saturated rings. The van der Waals surface area contributed by atoms with E-state index in [4.69, 9.17) is 24.2 Å². The van der Waals surface area contributed by atoms with Crippen molar-refractivity contribution in [3.8, 4) is 28.4 Å². The van der Waals surface area contributed by atoms with E-state index in [1.807, 2.05) is 48.5 Å². The molecule has 0 amide bonds. The van der Waals surface area contributed by atoms with Crippen molar-refractivity contribution in [2.24, 2.45) is 0 Å². The number of aliphatic hydroxyl groups is 1. The van der Waals surface area contributed by atoms with Gasteiger partial charge >= 0.3 is 0 Å². The molecule has 1 saturated heterocycles. The fourth-order valence-corrected chi connectivity index (χ4v) is 4.58. The summed E-state index contributed by atoms with van der Waals surface area (Å²) in [5, 5.41) is 14.0. The molecule has 4 aromatic rings. The standard InChI is InChI=1S/C27H29N5O4/c1-34-22-13-18(14-23(35-2)25(22)36-3)17-10-11-24(28-15-17)30-26-20-8-4-5-9-21(20)29-27(31-26)32-12-6-7-19(32)16-33/h4-5,8-11,13-15,19,33H,6-7,12,16H2,1-3H3,(H,28,29,30,31)/t19-/m0/s1. The number of hydrogen-bond acceptors (Lipinski definition) is 9. The van der Waals surface area contributed by atoms with Crippen molar-refractivity contribution in [1.82, 2.24) is 15.0 Å². The summed E-state index contributed by atoms with van der Waals surface area (Å²) in [6, 6.07) is 15.6. The molecule has 1 atom stereocenters. The first-order chi connectivity index (χ1) is 17.6. The third kappa shape index (κ3) is 4.45. The van der Waals surface area contributed by atoms with Gasteiger partial charge in [0, 0.05) is 23.7 Å². The summed E-state index contributed by atoms with van der Waals surface area (Å²) in [6.45, 7) is 0.910. The number of aliphatic hydroxyl groups excluding tert-OH is 1. The zero-order valence-electron chi connectivity index (χ0n) is 20.6. The smallest absolute Gasteiger partial charge is 0.228 e. The number of anilines is 3. The summed E-state index contributed by atoms with van der Waals surface area (Å²) in [7, 11) is 4.77. The molecule has 36 heavy (non-hydrogen) atoms. The first-order valence-electron chi connectivity index (χ1n) is 11.8. The van der Waals surface area contributed by atoms with E-state index in [1.54, 1.807) is 27.5 Å². The molecule has 1 aliphatic rings. The maximum atomic E-state index is 9.79. The molecule has 0 unspecified atom stereocenters. The molecule has 2 aromatic heterocycles. The number of aromatic nitrogens is 3. The Labute approximate surface area is 209 Å². The number of rotatable bonds is 8. The van der Waals surface area contributed by atoms with Crippen LogP contribution in [0, 0.1) is 0 Å². The molecule has 186 valence electrons. The van der Waals surface area contributed by atoms with Gasteiger partial charge in [0.1, 0.15) is 11.6 Å². The van der Waals surface area contributed by atoms with Crippen LogP contribution in [-0.2, 0) is 0 Å². The Bertz CT molecular complexity index is 1340. The van der Waals surface area contributed by atoms with E-state index in [9.17, 15) is 5.11 Å². The molecular formula is C27H29N5O4. The van der Waals surface area contributed by atoms with Crippen molar-refractivity contribution >= 4 is 28.5 Å². The highest BCUT2D eigenvalue weighted by Crippen LogP contribution is 2.41.